The molecule has 0 spiro atoms. The second-order valence-electron chi connectivity index (χ2n) is 10.1. The largest absolute Gasteiger partial charge is 0.393 e. The Morgan fingerprint density at radius 2 is 1.79 bits per heavy atom. The molecule has 2 heterocycles. The van der Waals surface area contributed by atoms with Gasteiger partial charge in [0, 0.05) is 44.5 Å². The Morgan fingerprint density at radius 1 is 1.09 bits per heavy atom. The van der Waals surface area contributed by atoms with Crippen LogP contribution >= 0.6 is 0 Å². The third-order valence-electron chi connectivity index (χ3n) is 7.03. The SMILES string of the molecule is CCCOC(C)(C)C(C=CC1C(OC2CCCCO2)CC(O)C1CC=O)OC1CCCCO1. The van der Waals surface area contributed by atoms with E-state index in [1.165, 1.54) is 0 Å². The molecule has 1 N–H and O–H groups in total. The van der Waals surface area contributed by atoms with E-state index in [9.17, 15) is 9.90 Å². The Morgan fingerprint density at radius 3 is 2.39 bits per heavy atom. The van der Waals surface area contributed by atoms with E-state index < -0.39 is 11.7 Å². The van der Waals surface area contributed by atoms with Crippen LogP contribution in [0.3, 0.4) is 0 Å². The van der Waals surface area contributed by atoms with Gasteiger partial charge in [-0.2, -0.15) is 0 Å². The Balaban J connectivity index is 1.76. The molecule has 0 aromatic carbocycles. The monoisotopic (exact) mass is 468 g/mol. The zero-order chi connectivity index (χ0) is 23.7. The normalized spacial score (nSPS) is 34.5. The number of ether oxygens (including phenoxy) is 5. The van der Waals surface area contributed by atoms with Crippen molar-refractivity contribution in [3.8, 4) is 0 Å². The van der Waals surface area contributed by atoms with Gasteiger partial charge in [0.2, 0.25) is 0 Å². The minimum absolute atomic E-state index is 0.101. The maximum Gasteiger partial charge on any atom is 0.158 e. The van der Waals surface area contributed by atoms with Crippen LogP contribution in [0.5, 0.6) is 0 Å². The number of carbonyl (C=O) groups is 1. The van der Waals surface area contributed by atoms with Crippen LogP contribution in [0.15, 0.2) is 12.2 Å². The van der Waals surface area contributed by atoms with Crippen LogP contribution in [-0.4, -0.2) is 67.7 Å². The molecule has 33 heavy (non-hydrogen) atoms. The van der Waals surface area contributed by atoms with Gasteiger partial charge in [-0.15, -0.1) is 0 Å². The molecule has 0 radical (unpaired) electrons. The predicted octanol–water partition coefficient (Wildman–Crippen LogP) is 4.16. The Labute approximate surface area is 199 Å². The summed E-state index contributed by atoms with van der Waals surface area (Å²) in [6.07, 6.45) is 11.2. The predicted molar refractivity (Wildman–Crippen MR) is 125 cm³/mol. The first-order chi connectivity index (χ1) is 15.9. The second kappa shape index (κ2) is 13.3. The summed E-state index contributed by atoms with van der Waals surface area (Å²) in [6.45, 7) is 8.23. The quantitative estimate of drug-likeness (QED) is 0.340. The molecule has 0 aromatic heterocycles. The van der Waals surface area contributed by atoms with Crippen molar-refractivity contribution in [2.24, 2.45) is 11.8 Å². The number of aliphatic hydroxyl groups excluding tert-OH is 1. The summed E-state index contributed by atoms with van der Waals surface area (Å²) in [6, 6.07) is 0. The molecule has 7 heteroatoms. The Hall–Kier alpha value is -0.830. The topological polar surface area (TPSA) is 83.5 Å². The fourth-order valence-electron chi connectivity index (χ4n) is 5.05. The maximum absolute atomic E-state index is 11.4. The van der Waals surface area contributed by atoms with Gasteiger partial charge in [-0.3, -0.25) is 0 Å². The van der Waals surface area contributed by atoms with Gasteiger partial charge in [-0.1, -0.05) is 19.1 Å². The lowest BCUT2D eigenvalue weighted by Crippen LogP contribution is -2.43. The Kier molecular flexibility index (Phi) is 10.8. The van der Waals surface area contributed by atoms with Gasteiger partial charge in [-0.05, 0) is 58.8 Å². The van der Waals surface area contributed by atoms with Crippen LogP contribution in [0.25, 0.3) is 0 Å². The molecule has 0 amide bonds. The van der Waals surface area contributed by atoms with Crippen LogP contribution in [0.1, 0.15) is 78.6 Å². The van der Waals surface area contributed by atoms with E-state index in [-0.39, 0.29) is 36.6 Å². The summed E-state index contributed by atoms with van der Waals surface area (Å²) in [7, 11) is 0. The van der Waals surface area contributed by atoms with Gasteiger partial charge >= 0.3 is 0 Å². The maximum atomic E-state index is 11.4. The van der Waals surface area contributed by atoms with E-state index in [2.05, 4.69) is 13.0 Å². The van der Waals surface area contributed by atoms with E-state index in [1.54, 1.807) is 0 Å². The van der Waals surface area contributed by atoms with E-state index in [4.69, 9.17) is 23.7 Å². The summed E-state index contributed by atoms with van der Waals surface area (Å²) < 4.78 is 30.5. The number of aldehydes is 1. The van der Waals surface area contributed by atoms with Gasteiger partial charge < -0.3 is 33.6 Å². The van der Waals surface area contributed by atoms with Crippen LogP contribution in [0.4, 0.5) is 0 Å². The van der Waals surface area contributed by atoms with Crippen LogP contribution in [0, 0.1) is 11.8 Å². The van der Waals surface area contributed by atoms with Crippen molar-refractivity contribution in [3.63, 3.8) is 0 Å². The molecule has 1 aliphatic carbocycles. The van der Waals surface area contributed by atoms with Gasteiger partial charge in [0.05, 0.1) is 17.8 Å². The van der Waals surface area contributed by atoms with Gasteiger partial charge in [-0.25, -0.2) is 0 Å². The highest BCUT2D eigenvalue weighted by atomic mass is 16.7. The van der Waals surface area contributed by atoms with Crippen LogP contribution in [0.2, 0.25) is 0 Å². The third kappa shape index (κ3) is 7.84. The molecule has 190 valence electrons. The molecule has 3 fully saturated rings. The van der Waals surface area contributed by atoms with Crippen molar-refractivity contribution in [3.05, 3.63) is 12.2 Å². The highest BCUT2D eigenvalue weighted by molar-refractivity contribution is 5.50. The first-order valence-corrected chi connectivity index (χ1v) is 12.9. The van der Waals surface area contributed by atoms with Crippen molar-refractivity contribution in [2.75, 3.05) is 19.8 Å². The molecule has 2 saturated heterocycles. The highest BCUT2D eigenvalue weighted by Crippen LogP contribution is 2.39. The summed E-state index contributed by atoms with van der Waals surface area (Å²) in [5, 5.41) is 10.7. The molecule has 2 aliphatic heterocycles. The molecule has 0 aromatic rings. The van der Waals surface area contributed by atoms with Gasteiger partial charge in [0.1, 0.15) is 12.4 Å². The number of carbonyl (C=O) groups excluding carboxylic acids is 1. The average molecular weight is 469 g/mol. The zero-order valence-electron chi connectivity index (χ0n) is 20.7. The highest BCUT2D eigenvalue weighted by Gasteiger charge is 2.43. The van der Waals surface area contributed by atoms with Gasteiger partial charge in [0.15, 0.2) is 12.6 Å². The summed E-state index contributed by atoms with van der Waals surface area (Å²) in [5.74, 6) is -0.283. The van der Waals surface area contributed by atoms with Gasteiger partial charge in [0.25, 0.3) is 0 Å². The smallest absolute Gasteiger partial charge is 0.158 e. The summed E-state index contributed by atoms with van der Waals surface area (Å²) >= 11 is 0. The molecule has 7 atom stereocenters. The number of hydrogen-bond acceptors (Lipinski definition) is 7. The molecule has 3 rings (SSSR count). The zero-order valence-corrected chi connectivity index (χ0v) is 20.7. The first kappa shape index (κ1) is 26.8. The fourth-order valence-corrected chi connectivity index (χ4v) is 5.05. The molecular formula is C26H44O7. The lowest BCUT2D eigenvalue weighted by molar-refractivity contribution is -0.217. The van der Waals surface area contributed by atoms with Crippen molar-refractivity contribution in [2.45, 2.75) is 115 Å². The second-order valence-corrected chi connectivity index (χ2v) is 10.1. The molecular weight excluding hydrogens is 424 g/mol. The van der Waals surface area contributed by atoms with Crippen LogP contribution < -0.4 is 0 Å². The molecule has 1 saturated carbocycles. The first-order valence-electron chi connectivity index (χ1n) is 12.9. The number of hydrogen-bond donors (Lipinski definition) is 1. The minimum atomic E-state index is -0.580. The molecule has 0 bridgehead atoms. The van der Waals surface area contributed by atoms with Crippen LogP contribution in [-0.2, 0) is 28.5 Å². The third-order valence-corrected chi connectivity index (χ3v) is 7.03. The fraction of sp³-hybridized carbons (Fsp3) is 0.885. The van der Waals surface area contributed by atoms with Crippen molar-refractivity contribution >= 4 is 6.29 Å². The summed E-state index contributed by atoms with van der Waals surface area (Å²) in [4.78, 5) is 11.4. The minimum Gasteiger partial charge on any atom is -0.393 e. The average Bonchev–Trinajstić information content (AvgIpc) is 3.10. The van der Waals surface area contributed by atoms with Crippen molar-refractivity contribution in [1.29, 1.82) is 0 Å². The molecule has 3 aliphatic rings. The molecule has 7 unspecified atom stereocenters. The molecule has 7 nitrogen and oxygen atoms in total. The van der Waals surface area contributed by atoms with Crippen molar-refractivity contribution in [1.82, 2.24) is 0 Å². The lowest BCUT2D eigenvalue weighted by Gasteiger charge is -2.36. The van der Waals surface area contributed by atoms with E-state index in [0.29, 0.717) is 32.7 Å². The lowest BCUT2D eigenvalue weighted by atomic mass is 9.89. The van der Waals surface area contributed by atoms with Crippen molar-refractivity contribution < 1.29 is 33.6 Å². The standard InChI is InChI=1S/C26H44O7/c1-4-15-31-26(2,3)23(33-25-10-6-8-17-30-25)12-11-20-19(13-14-27)21(28)18-22(20)32-24-9-5-7-16-29-24/h11-12,14,19-25,28H,4-10,13,15-18H2,1-3H3. The Bertz CT molecular complexity index is 595. The van der Waals surface area contributed by atoms with E-state index in [0.717, 1.165) is 51.2 Å². The number of aliphatic hydroxyl groups is 1. The summed E-state index contributed by atoms with van der Waals surface area (Å²) in [5.41, 5.74) is -0.548. The van der Waals surface area contributed by atoms with E-state index in [1.807, 2.05) is 19.9 Å². The number of rotatable bonds is 12. The van der Waals surface area contributed by atoms with E-state index >= 15 is 0 Å².